The third-order valence-electron chi connectivity index (χ3n) is 8.09. The molecule has 1 amide bonds. The van der Waals surface area contributed by atoms with Crippen LogP contribution in [0.4, 0.5) is 0 Å². The van der Waals surface area contributed by atoms with Crippen LogP contribution in [-0.2, 0) is 22.6 Å². The van der Waals surface area contributed by atoms with Crippen molar-refractivity contribution in [2.24, 2.45) is 23.5 Å². The van der Waals surface area contributed by atoms with Gasteiger partial charge in [0.05, 0.1) is 18.6 Å². The van der Waals surface area contributed by atoms with Crippen molar-refractivity contribution in [1.29, 1.82) is 0 Å². The Morgan fingerprint density at radius 2 is 1.82 bits per heavy atom. The van der Waals surface area contributed by atoms with Gasteiger partial charge in [0.1, 0.15) is 28.6 Å². The second kappa shape index (κ2) is 9.41. The molecular formula is C29H32N2O8. The van der Waals surface area contributed by atoms with Crippen molar-refractivity contribution in [2.45, 2.75) is 31.6 Å². The number of allylic oxidation sites excluding steroid dienone is 2. The number of aliphatic hydroxyl groups excluding tert-OH is 2. The highest BCUT2D eigenvalue weighted by molar-refractivity contribution is 6.08. The highest BCUT2D eigenvalue weighted by Crippen LogP contribution is 2.54. The molecule has 3 atom stereocenters. The normalized spacial score (nSPS) is 23.8. The standard InChI is InChI=1S/C29H32N2O8/c1-31(2)12-13-4-7-21(39-3)17(8-13)16-5-6-19(32)23-18(16)10-14-9-15-11-20(33)25(28(30)36)29(37,38)24(15)27(35)22(14)26(23)34/h4-8,14-15,24,32-34,37-38H,9-12H2,1-3H3,(H2,30,36). The average Bonchev–Trinajstić information content (AvgIpc) is 2.82. The van der Waals surface area contributed by atoms with Crippen molar-refractivity contribution in [3.8, 4) is 22.6 Å². The van der Waals surface area contributed by atoms with E-state index in [1.165, 1.54) is 6.07 Å². The monoisotopic (exact) mass is 536 g/mol. The summed E-state index contributed by atoms with van der Waals surface area (Å²) >= 11 is 0. The van der Waals surface area contributed by atoms with E-state index in [2.05, 4.69) is 0 Å². The molecule has 39 heavy (non-hydrogen) atoms. The maximum Gasteiger partial charge on any atom is 0.253 e. The molecule has 206 valence electrons. The lowest BCUT2D eigenvalue weighted by Crippen LogP contribution is -2.57. The number of carbonyl (C=O) groups excluding carboxylic acids is 2. The zero-order valence-corrected chi connectivity index (χ0v) is 21.9. The smallest absolute Gasteiger partial charge is 0.253 e. The van der Waals surface area contributed by atoms with E-state index >= 15 is 0 Å². The zero-order chi connectivity index (χ0) is 28.4. The van der Waals surface area contributed by atoms with Gasteiger partial charge in [-0.15, -0.1) is 0 Å². The summed E-state index contributed by atoms with van der Waals surface area (Å²) < 4.78 is 5.64. The number of nitrogens with zero attached hydrogens (tertiary/aromatic N) is 1. The number of nitrogens with two attached hydrogens (primary N) is 1. The van der Waals surface area contributed by atoms with Gasteiger partial charge in [0.2, 0.25) is 5.79 Å². The van der Waals surface area contributed by atoms with Gasteiger partial charge in [0.15, 0.2) is 5.78 Å². The fourth-order valence-corrected chi connectivity index (χ4v) is 6.63. The Hall–Kier alpha value is -3.86. The fourth-order valence-electron chi connectivity index (χ4n) is 6.63. The quantitative estimate of drug-likeness (QED) is 0.313. The van der Waals surface area contributed by atoms with Crippen LogP contribution in [0.3, 0.4) is 0 Å². The van der Waals surface area contributed by atoms with Crippen molar-refractivity contribution in [1.82, 2.24) is 4.90 Å². The molecule has 10 heteroatoms. The van der Waals surface area contributed by atoms with E-state index in [-0.39, 0.29) is 36.1 Å². The lowest BCUT2D eigenvalue weighted by molar-refractivity contribution is -0.197. The second-order valence-corrected chi connectivity index (χ2v) is 10.9. The van der Waals surface area contributed by atoms with Crippen molar-refractivity contribution < 1.29 is 39.9 Å². The molecule has 0 aliphatic heterocycles. The van der Waals surface area contributed by atoms with Crippen LogP contribution in [0, 0.1) is 17.8 Å². The van der Waals surface area contributed by atoms with Crippen molar-refractivity contribution in [2.75, 3.05) is 21.2 Å². The van der Waals surface area contributed by atoms with Crippen LogP contribution in [0.1, 0.15) is 29.5 Å². The van der Waals surface area contributed by atoms with E-state index in [1.54, 1.807) is 13.2 Å². The molecule has 2 aromatic carbocycles. The van der Waals surface area contributed by atoms with E-state index in [0.29, 0.717) is 17.9 Å². The Morgan fingerprint density at radius 1 is 1.10 bits per heavy atom. The van der Waals surface area contributed by atoms with Crippen LogP contribution >= 0.6 is 0 Å². The first kappa shape index (κ1) is 26.7. The van der Waals surface area contributed by atoms with Crippen LogP contribution in [0.5, 0.6) is 11.5 Å². The molecule has 3 aliphatic carbocycles. The molecular weight excluding hydrogens is 504 g/mol. The number of aliphatic hydroxyl groups is 4. The predicted octanol–water partition coefficient (Wildman–Crippen LogP) is 2.16. The first-order chi connectivity index (χ1) is 18.4. The van der Waals surface area contributed by atoms with Gasteiger partial charge in [-0.2, -0.15) is 0 Å². The number of ketones is 1. The highest BCUT2D eigenvalue weighted by Gasteiger charge is 2.58. The molecule has 1 saturated carbocycles. The van der Waals surface area contributed by atoms with Crippen molar-refractivity contribution in [3.63, 3.8) is 0 Å². The first-order valence-electron chi connectivity index (χ1n) is 12.7. The molecule has 0 bridgehead atoms. The molecule has 3 aliphatic rings. The minimum atomic E-state index is -3.00. The summed E-state index contributed by atoms with van der Waals surface area (Å²) in [5.74, 6) is -8.38. The minimum absolute atomic E-state index is 0.0396. The van der Waals surface area contributed by atoms with Crippen LogP contribution in [0.25, 0.3) is 16.9 Å². The molecule has 2 aromatic rings. The average molecular weight is 537 g/mol. The van der Waals surface area contributed by atoms with Gasteiger partial charge in [-0.1, -0.05) is 12.1 Å². The molecule has 0 saturated heterocycles. The number of ether oxygens (including phenoxy) is 1. The number of primary amides is 1. The van der Waals surface area contributed by atoms with E-state index in [4.69, 9.17) is 10.5 Å². The number of benzene rings is 2. The maximum atomic E-state index is 13.7. The van der Waals surface area contributed by atoms with Gasteiger partial charge < -0.3 is 40.9 Å². The molecule has 3 unspecified atom stereocenters. The third-order valence-corrected chi connectivity index (χ3v) is 8.09. The van der Waals surface area contributed by atoms with Gasteiger partial charge >= 0.3 is 0 Å². The summed E-state index contributed by atoms with van der Waals surface area (Å²) in [5.41, 5.74) is 7.66. The zero-order valence-electron chi connectivity index (χ0n) is 21.9. The number of rotatable bonds is 5. The first-order valence-corrected chi connectivity index (χ1v) is 12.7. The summed E-state index contributed by atoms with van der Waals surface area (Å²) in [6.07, 6.45) is 0.356. The summed E-state index contributed by atoms with van der Waals surface area (Å²) in [4.78, 5) is 27.6. The van der Waals surface area contributed by atoms with Crippen LogP contribution < -0.4 is 10.5 Å². The van der Waals surface area contributed by atoms with Crippen molar-refractivity contribution in [3.05, 3.63) is 63.9 Å². The van der Waals surface area contributed by atoms with E-state index < -0.39 is 52.3 Å². The van der Waals surface area contributed by atoms with Gasteiger partial charge in [0, 0.05) is 24.1 Å². The number of phenols is 1. The molecule has 0 spiro atoms. The second-order valence-electron chi connectivity index (χ2n) is 10.9. The van der Waals surface area contributed by atoms with Gasteiger partial charge in [-0.25, -0.2) is 0 Å². The number of hydrogen-bond acceptors (Lipinski definition) is 9. The topological polar surface area (TPSA) is 174 Å². The Morgan fingerprint density at radius 3 is 2.46 bits per heavy atom. The molecule has 0 aromatic heterocycles. The van der Waals surface area contributed by atoms with Crippen LogP contribution in [0.2, 0.25) is 0 Å². The van der Waals surface area contributed by atoms with Crippen LogP contribution in [0.15, 0.2) is 47.2 Å². The predicted molar refractivity (Wildman–Crippen MR) is 141 cm³/mol. The Bertz CT molecular complexity index is 1460. The maximum absolute atomic E-state index is 13.7. The number of aromatic hydroxyl groups is 1. The number of Topliss-reactive ketones (excluding diaryl/α,β-unsaturated/α-hetero) is 1. The molecule has 10 nitrogen and oxygen atoms in total. The molecule has 7 N–H and O–H groups in total. The van der Waals surface area contributed by atoms with Crippen molar-refractivity contribution >= 4 is 17.4 Å². The number of fused-ring (bicyclic) bond motifs is 3. The number of methoxy groups -OCH3 is 1. The number of carbonyl (C=O) groups is 2. The van der Waals surface area contributed by atoms with Crippen LogP contribution in [-0.4, -0.2) is 69.1 Å². The molecule has 0 heterocycles. The largest absolute Gasteiger partial charge is 0.512 e. The Balaban J connectivity index is 1.66. The molecule has 5 rings (SSSR count). The number of hydrogen-bond donors (Lipinski definition) is 6. The SMILES string of the molecule is COc1ccc(CN(C)C)cc1-c1ccc(O)c2c1CC1CC3CC(O)=C(C(N)=O)C(O)(O)C3C(=O)C1=C2O. The lowest BCUT2D eigenvalue weighted by Gasteiger charge is -2.46. The molecule has 0 radical (unpaired) electrons. The highest BCUT2D eigenvalue weighted by atomic mass is 16.5. The summed E-state index contributed by atoms with van der Waals surface area (Å²) in [6, 6.07) is 9.00. The minimum Gasteiger partial charge on any atom is -0.512 e. The Labute approximate surface area is 225 Å². The van der Waals surface area contributed by atoms with Gasteiger partial charge in [-0.3, -0.25) is 9.59 Å². The van der Waals surface area contributed by atoms with Gasteiger partial charge in [-0.05, 0) is 73.7 Å². The molecule has 1 fully saturated rings. The number of phenolic OH excluding ortho intramolecular Hbond substituents is 1. The van der Waals surface area contributed by atoms with Gasteiger partial charge in [0.25, 0.3) is 5.91 Å². The summed E-state index contributed by atoms with van der Waals surface area (Å²) in [6.45, 7) is 0.682. The fraction of sp³-hybridized carbons (Fsp3) is 0.379. The van der Waals surface area contributed by atoms with E-state index in [9.17, 15) is 35.1 Å². The lowest BCUT2D eigenvalue weighted by atomic mass is 9.59. The van der Waals surface area contributed by atoms with E-state index in [0.717, 1.165) is 16.7 Å². The number of amides is 1. The Kier molecular flexibility index (Phi) is 6.45. The summed E-state index contributed by atoms with van der Waals surface area (Å²) in [5, 5.41) is 54.3. The summed E-state index contributed by atoms with van der Waals surface area (Å²) in [7, 11) is 5.48. The third kappa shape index (κ3) is 4.15. The van der Waals surface area contributed by atoms with E-state index in [1.807, 2.05) is 37.2 Å².